The van der Waals surface area contributed by atoms with Gasteiger partial charge in [0.25, 0.3) is 5.56 Å². The maximum Gasteiger partial charge on any atom is 0.269 e. The molecule has 3 rings (SSSR count). The van der Waals surface area contributed by atoms with Crippen LogP contribution < -0.4 is 10.3 Å². The average molecular weight is 363 g/mol. The lowest BCUT2D eigenvalue weighted by molar-refractivity contribution is -0.112. The highest BCUT2D eigenvalue weighted by atomic mass is 16.5. The summed E-state index contributed by atoms with van der Waals surface area (Å²) in [5.74, 6) is 0.498. The van der Waals surface area contributed by atoms with E-state index in [0.717, 1.165) is 23.2 Å². The van der Waals surface area contributed by atoms with Crippen LogP contribution in [0.15, 0.2) is 71.7 Å². The highest BCUT2D eigenvalue weighted by Crippen LogP contribution is 2.22. The van der Waals surface area contributed by atoms with Crippen LogP contribution in [0.25, 0.3) is 11.1 Å². The highest BCUT2D eigenvalue weighted by Gasteiger charge is 2.09. The van der Waals surface area contributed by atoms with Crippen LogP contribution in [0.1, 0.15) is 12.8 Å². The second kappa shape index (κ2) is 9.43. The van der Waals surface area contributed by atoms with Crippen molar-refractivity contribution in [3.8, 4) is 16.9 Å². The minimum absolute atomic E-state index is 0.192. The number of aldehydes is 1. The van der Waals surface area contributed by atoms with Gasteiger partial charge in [-0.15, -0.1) is 5.10 Å². The van der Waals surface area contributed by atoms with Crippen LogP contribution in [0.2, 0.25) is 0 Å². The van der Waals surface area contributed by atoms with E-state index in [1.807, 2.05) is 42.5 Å². The molecule has 2 aromatic carbocycles. The normalized spacial score (nSPS) is 11.7. The highest BCUT2D eigenvalue weighted by molar-refractivity contribution is 5.63. The molecular formula is C21H21N3O3. The summed E-state index contributed by atoms with van der Waals surface area (Å²) in [5, 5.41) is 7.45. The summed E-state index contributed by atoms with van der Waals surface area (Å²) in [5.41, 5.74) is 2.07. The Morgan fingerprint density at radius 1 is 1.00 bits per heavy atom. The van der Waals surface area contributed by atoms with Crippen molar-refractivity contribution in [2.45, 2.75) is 19.4 Å². The van der Waals surface area contributed by atoms with Crippen molar-refractivity contribution in [3.05, 3.63) is 77.2 Å². The predicted octanol–water partition coefficient (Wildman–Crippen LogP) is 2.98. The summed E-state index contributed by atoms with van der Waals surface area (Å²) >= 11 is 0. The number of nitrogens with zero attached hydrogens (tertiary/aromatic N) is 3. The SMILES string of the molecule is O=CC(CCCn1nnccc1=O)COc1ccc(-c2ccccc2)cc1. The monoisotopic (exact) mass is 363 g/mol. The number of rotatable bonds is 9. The van der Waals surface area contributed by atoms with Crippen LogP contribution in [0, 0.1) is 5.92 Å². The molecule has 1 unspecified atom stereocenters. The minimum Gasteiger partial charge on any atom is -0.493 e. The first-order valence-electron chi connectivity index (χ1n) is 8.88. The predicted molar refractivity (Wildman–Crippen MR) is 102 cm³/mol. The van der Waals surface area contributed by atoms with Crippen LogP contribution in [0.4, 0.5) is 0 Å². The molecule has 0 spiro atoms. The largest absolute Gasteiger partial charge is 0.493 e. The summed E-state index contributed by atoms with van der Waals surface area (Å²) in [6.45, 7) is 0.742. The number of carbonyl (C=O) groups is 1. The maximum absolute atomic E-state index is 11.6. The Labute approximate surface area is 157 Å². The summed E-state index contributed by atoms with van der Waals surface area (Å²) in [6, 6.07) is 19.3. The average Bonchev–Trinajstić information content (AvgIpc) is 2.73. The van der Waals surface area contributed by atoms with Crippen molar-refractivity contribution in [1.82, 2.24) is 15.0 Å². The molecule has 0 aliphatic carbocycles. The van der Waals surface area contributed by atoms with E-state index in [1.165, 1.54) is 16.9 Å². The number of hydrogen-bond acceptors (Lipinski definition) is 5. The zero-order chi connectivity index (χ0) is 18.9. The number of ether oxygens (including phenoxy) is 1. The lowest BCUT2D eigenvalue weighted by Gasteiger charge is -2.12. The van der Waals surface area contributed by atoms with Gasteiger partial charge in [0.1, 0.15) is 12.0 Å². The zero-order valence-electron chi connectivity index (χ0n) is 14.9. The first-order valence-corrected chi connectivity index (χ1v) is 8.88. The molecule has 1 atom stereocenters. The van der Waals surface area contributed by atoms with E-state index in [2.05, 4.69) is 22.4 Å². The number of aryl methyl sites for hydroxylation is 1. The van der Waals surface area contributed by atoms with E-state index in [1.54, 1.807) is 0 Å². The van der Waals surface area contributed by atoms with Gasteiger partial charge in [-0.1, -0.05) is 47.7 Å². The molecule has 0 aliphatic rings. The molecule has 0 radical (unpaired) electrons. The Kier molecular flexibility index (Phi) is 6.46. The van der Waals surface area contributed by atoms with E-state index in [9.17, 15) is 9.59 Å². The molecule has 138 valence electrons. The van der Waals surface area contributed by atoms with Crippen LogP contribution >= 0.6 is 0 Å². The van der Waals surface area contributed by atoms with Crippen molar-refractivity contribution >= 4 is 6.29 Å². The molecule has 0 fully saturated rings. The van der Waals surface area contributed by atoms with Gasteiger partial charge < -0.3 is 9.53 Å². The van der Waals surface area contributed by atoms with Crippen molar-refractivity contribution in [2.75, 3.05) is 6.61 Å². The van der Waals surface area contributed by atoms with Gasteiger partial charge in [-0.25, -0.2) is 4.68 Å². The van der Waals surface area contributed by atoms with Gasteiger partial charge >= 0.3 is 0 Å². The number of carbonyl (C=O) groups excluding carboxylic acids is 1. The standard InChI is InChI=1S/C21H21N3O3/c25-15-17(5-4-14-24-21(26)12-13-22-23-24)16-27-20-10-8-19(9-11-20)18-6-2-1-3-7-18/h1-3,6-13,15,17H,4-5,14,16H2. The Hall–Kier alpha value is -3.28. The first kappa shape index (κ1) is 18.5. The molecule has 0 amide bonds. The molecule has 27 heavy (non-hydrogen) atoms. The summed E-state index contributed by atoms with van der Waals surface area (Å²) in [4.78, 5) is 22.9. The van der Waals surface area contributed by atoms with Crippen LogP contribution in [-0.4, -0.2) is 27.9 Å². The third kappa shape index (κ3) is 5.34. The fourth-order valence-electron chi connectivity index (χ4n) is 2.75. The Bertz CT molecular complexity index is 908. The second-order valence-corrected chi connectivity index (χ2v) is 6.22. The molecule has 1 heterocycles. The zero-order valence-corrected chi connectivity index (χ0v) is 14.9. The number of benzene rings is 2. The fraction of sp³-hybridized carbons (Fsp3) is 0.238. The molecule has 0 saturated carbocycles. The summed E-state index contributed by atoms with van der Waals surface area (Å²) in [6.07, 6.45) is 3.54. The Morgan fingerprint density at radius 3 is 2.44 bits per heavy atom. The topological polar surface area (TPSA) is 74.1 Å². The van der Waals surface area contributed by atoms with Crippen molar-refractivity contribution in [2.24, 2.45) is 5.92 Å². The van der Waals surface area contributed by atoms with Crippen LogP contribution in [0.3, 0.4) is 0 Å². The third-order valence-corrected chi connectivity index (χ3v) is 4.26. The van der Waals surface area contributed by atoms with E-state index in [4.69, 9.17) is 4.74 Å². The molecule has 0 N–H and O–H groups in total. The van der Waals surface area contributed by atoms with Gasteiger partial charge in [-0.05, 0) is 36.1 Å². The van der Waals surface area contributed by atoms with Gasteiger partial charge in [-0.3, -0.25) is 4.79 Å². The fourth-order valence-corrected chi connectivity index (χ4v) is 2.75. The molecular weight excluding hydrogens is 342 g/mol. The minimum atomic E-state index is -0.230. The van der Waals surface area contributed by atoms with E-state index >= 15 is 0 Å². The maximum atomic E-state index is 11.6. The van der Waals surface area contributed by atoms with Crippen molar-refractivity contribution in [1.29, 1.82) is 0 Å². The Morgan fingerprint density at radius 2 is 1.74 bits per heavy atom. The Balaban J connectivity index is 1.48. The van der Waals surface area contributed by atoms with Crippen molar-refractivity contribution in [3.63, 3.8) is 0 Å². The van der Waals surface area contributed by atoms with Crippen molar-refractivity contribution < 1.29 is 9.53 Å². The second-order valence-electron chi connectivity index (χ2n) is 6.22. The van der Waals surface area contributed by atoms with Gasteiger partial charge in [0.15, 0.2) is 0 Å². The lowest BCUT2D eigenvalue weighted by Crippen LogP contribution is -2.23. The van der Waals surface area contributed by atoms with Gasteiger partial charge in [0, 0.05) is 18.5 Å². The van der Waals surface area contributed by atoms with Crippen LogP contribution in [-0.2, 0) is 11.3 Å². The molecule has 1 aromatic heterocycles. The first-order chi connectivity index (χ1) is 13.3. The van der Waals surface area contributed by atoms with Gasteiger partial charge in [0.05, 0.1) is 12.8 Å². The van der Waals surface area contributed by atoms with E-state index < -0.39 is 0 Å². The van der Waals surface area contributed by atoms with E-state index in [-0.39, 0.29) is 11.5 Å². The number of aromatic nitrogens is 3. The molecule has 6 nitrogen and oxygen atoms in total. The van der Waals surface area contributed by atoms with Crippen LogP contribution in [0.5, 0.6) is 5.75 Å². The third-order valence-electron chi connectivity index (χ3n) is 4.26. The molecule has 0 bridgehead atoms. The molecule has 0 saturated heterocycles. The summed E-state index contributed by atoms with van der Waals surface area (Å²) in [7, 11) is 0. The quantitative estimate of drug-likeness (QED) is 0.547. The lowest BCUT2D eigenvalue weighted by atomic mass is 10.1. The van der Waals surface area contributed by atoms with E-state index in [0.29, 0.717) is 26.0 Å². The van der Waals surface area contributed by atoms with Gasteiger partial charge in [-0.2, -0.15) is 0 Å². The molecule has 3 aromatic rings. The van der Waals surface area contributed by atoms with Gasteiger partial charge in [0.2, 0.25) is 0 Å². The molecule has 0 aliphatic heterocycles. The smallest absolute Gasteiger partial charge is 0.269 e. The molecule has 6 heteroatoms. The summed E-state index contributed by atoms with van der Waals surface area (Å²) < 4.78 is 7.05. The number of hydrogen-bond donors (Lipinski definition) is 0.